The van der Waals surface area contributed by atoms with Crippen LogP contribution in [0.15, 0.2) is 22.2 Å². The molecule has 0 fully saturated rings. The molecule has 132 valence electrons. The summed E-state index contributed by atoms with van der Waals surface area (Å²) < 4.78 is 3.07. The van der Waals surface area contributed by atoms with E-state index < -0.39 is 11.2 Å². The molecule has 0 aromatic carbocycles. The molecule has 0 saturated heterocycles. The summed E-state index contributed by atoms with van der Waals surface area (Å²) in [6, 6.07) is 0. The molecule has 0 spiro atoms. The Morgan fingerprint density at radius 2 is 2.08 bits per heavy atom. The second-order valence-electron chi connectivity index (χ2n) is 5.92. The molecule has 2 rings (SSSR count). The van der Waals surface area contributed by atoms with Crippen LogP contribution >= 0.6 is 0 Å². The first kappa shape index (κ1) is 18.2. The van der Waals surface area contributed by atoms with Crippen LogP contribution in [0.25, 0.3) is 11.2 Å². The lowest BCUT2D eigenvalue weighted by Crippen LogP contribution is -2.29. The predicted octanol–water partition coefficient (Wildman–Crippen LogP) is -0.190. The van der Waals surface area contributed by atoms with Gasteiger partial charge in [-0.1, -0.05) is 12.5 Å². The van der Waals surface area contributed by atoms with Crippen LogP contribution in [0.3, 0.4) is 0 Å². The summed E-state index contributed by atoms with van der Waals surface area (Å²) in [4.78, 5) is 30.3. The number of nitrogens with zero attached hydrogens (tertiary/aromatic N) is 3. The van der Waals surface area contributed by atoms with Gasteiger partial charge in [-0.15, -0.1) is 6.58 Å². The Kier molecular flexibility index (Phi) is 6.10. The topological polar surface area (TPSA) is 105 Å². The Hall–Kier alpha value is -2.19. The van der Waals surface area contributed by atoms with Gasteiger partial charge >= 0.3 is 5.69 Å². The average Bonchev–Trinajstić information content (AvgIpc) is 2.87. The second-order valence-corrected chi connectivity index (χ2v) is 5.92. The Balaban J connectivity index is 1.97. The summed E-state index contributed by atoms with van der Waals surface area (Å²) in [5, 5.41) is 12.9. The Morgan fingerprint density at radius 1 is 1.33 bits per heavy atom. The van der Waals surface area contributed by atoms with Crippen LogP contribution < -0.4 is 16.6 Å². The summed E-state index contributed by atoms with van der Waals surface area (Å²) in [5.74, 6) is 0.760. The second kappa shape index (κ2) is 8.07. The van der Waals surface area contributed by atoms with Crippen LogP contribution in [0.4, 0.5) is 0 Å². The molecule has 8 heteroatoms. The number of aryl methyl sites for hydroxylation is 3. The third kappa shape index (κ3) is 4.01. The normalized spacial score (nSPS) is 12.6. The average molecular weight is 335 g/mol. The molecule has 0 saturated carbocycles. The van der Waals surface area contributed by atoms with Crippen molar-refractivity contribution < 1.29 is 5.11 Å². The third-order valence-electron chi connectivity index (χ3n) is 4.08. The highest BCUT2D eigenvalue weighted by Crippen LogP contribution is 2.12. The van der Waals surface area contributed by atoms with Gasteiger partial charge in [0.05, 0.1) is 6.10 Å². The van der Waals surface area contributed by atoms with Crippen molar-refractivity contribution in [2.45, 2.75) is 31.8 Å². The van der Waals surface area contributed by atoms with Gasteiger partial charge in [-0.3, -0.25) is 14.3 Å². The number of unbranched alkanes of at least 4 members (excludes halogenated alkanes) is 1. The number of imidazole rings is 1. The van der Waals surface area contributed by atoms with Crippen molar-refractivity contribution >= 4 is 11.2 Å². The van der Waals surface area contributed by atoms with E-state index in [1.54, 1.807) is 24.7 Å². The van der Waals surface area contributed by atoms with E-state index in [4.69, 9.17) is 0 Å². The van der Waals surface area contributed by atoms with E-state index in [1.165, 1.54) is 4.57 Å². The van der Waals surface area contributed by atoms with E-state index in [-0.39, 0.29) is 6.10 Å². The fourth-order valence-electron chi connectivity index (χ4n) is 2.69. The number of aliphatic hydroxyl groups is 1. The summed E-state index contributed by atoms with van der Waals surface area (Å²) >= 11 is 0. The zero-order valence-electron chi connectivity index (χ0n) is 14.2. The minimum atomic E-state index is -0.465. The molecule has 3 N–H and O–H groups in total. The van der Waals surface area contributed by atoms with Crippen molar-refractivity contribution in [2.75, 3.05) is 13.1 Å². The van der Waals surface area contributed by atoms with E-state index >= 15 is 0 Å². The van der Waals surface area contributed by atoms with E-state index in [2.05, 4.69) is 21.9 Å². The van der Waals surface area contributed by atoms with Gasteiger partial charge in [0, 0.05) is 33.6 Å². The number of rotatable bonds is 9. The highest BCUT2D eigenvalue weighted by Gasteiger charge is 2.14. The summed E-state index contributed by atoms with van der Waals surface area (Å²) in [6.07, 6.45) is 4.47. The van der Waals surface area contributed by atoms with E-state index in [9.17, 15) is 14.7 Å². The first-order chi connectivity index (χ1) is 11.5. The van der Waals surface area contributed by atoms with Crippen LogP contribution in [0.1, 0.15) is 25.1 Å². The van der Waals surface area contributed by atoms with Crippen LogP contribution in [0.2, 0.25) is 0 Å². The molecular weight excluding hydrogens is 310 g/mol. The molecule has 1 atom stereocenters. The fourth-order valence-corrected chi connectivity index (χ4v) is 2.69. The minimum absolute atomic E-state index is 0.381. The van der Waals surface area contributed by atoms with Crippen molar-refractivity contribution in [1.82, 2.24) is 24.4 Å². The standard InChI is InChI=1S/C16H25N5O3/c1-4-9-17-10-11(22)7-5-6-8-12-18-14-13(20(12)2)15(23)19-16(24)21(14)3/h4,11,17,22H,1,5-10H2,2-3H3,(H,19,23,24). The van der Waals surface area contributed by atoms with Gasteiger partial charge in [-0.25, -0.2) is 9.78 Å². The first-order valence-corrected chi connectivity index (χ1v) is 8.10. The lowest BCUT2D eigenvalue weighted by Gasteiger charge is -2.10. The highest BCUT2D eigenvalue weighted by atomic mass is 16.3. The number of aliphatic hydroxyl groups excluding tert-OH is 1. The molecule has 0 aliphatic carbocycles. The third-order valence-corrected chi connectivity index (χ3v) is 4.08. The molecule has 1 unspecified atom stereocenters. The number of fused-ring (bicyclic) bond motifs is 1. The van der Waals surface area contributed by atoms with Gasteiger partial charge in [-0.2, -0.15) is 0 Å². The van der Waals surface area contributed by atoms with Crippen LogP contribution in [-0.2, 0) is 20.5 Å². The zero-order valence-corrected chi connectivity index (χ0v) is 14.2. The number of aromatic amines is 1. The quantitative estimate of drug-likeness (QED) is 0.435. The minimum Gasteiger partial charge on any atom is -0.392 e. The molecule has 0 aliphatic rings. The molecule has 0 amide bonds. The van der Waals surface area contributed by atoms with E-state index in [0.717, 1.165) is 18.7 Å². The van der Waals surface area contributed by atoms with Crippen LogP contribution in [0, 0.1) is 0 Å². The summed E-state index contributed by atoms with van der Waals surface area (Å²) in [7, 11) is 3.36. The number of nitrogens with one attached hydrogen (secondary N) is 2. The number of H-pyrrole nitrogens is 1. The summed E-state index contributed by atoms with van der Waals surface area (Å²) in [5.41, 5.74) is -0.0824. The van der Waals surface area contributed by atoms with Gasteiger partial charge < -0.3 is 15.0 Å². The maximum Gasteiger partial charge on any atom is 0.329 e. The van der Waals surface area contributed by atoms with Crippen molar-refractivity contribution in [3.63, 3.8) is 0 Å². The van der Waals surface area contributed by atoms with Gasteiger partial charge in [0.25, 0.3) is 5.56 Å². The lowest BCUT2D eigenvalue weighted by atomic mass is 10.1. The number of hydrogen-bond donors (Lipinski definition) is 3. The van der Waals surface area contributed by atoms with Gasteiger partial charge in [-0.05, 0) is 12.8 Å². The van der Waals surface area contributed by atoms with Gasteiger partial charge in [0.1, 0.15) is 5.82 Å². The predicted molar refractivity (Wildman–Crippen MR) is 93.2 cm³/mol. The lowest BCUT2D eigenvalue weighted by molar-refractivity contribution is 0.159. The van der Waals surface area contributed by atoms with Crippen molar-refractivity contribution in [2.24, 2.45) is 14.1 Å². The molecule has 0 aliphatic heterocycles. The molecule has 0 radical (unpaired) electrons. The van der Waals surface area contributed by atoms with Crippen molar-refractivity contribution in [1.29, 1.82) is 0 Å². The monoisotopic (exact) mass is 335 g/mol. The molecule has 24 heavy (non-hydrogen) atoms. The maximum atomic E-state index is 12.0. The number of hydrogen-bond acceptors (Lipinski definition) is 5. The summed E-state index contributed by atoms with van der Waals surface area (Å²) in [6.45, 7) is 4.85. The Bertz CT molecular complexity index is 817. The van der Waals surface area contributed by atoms with Gasteiger partial charge in [0.2, 0.25) is 0 Å². The molecule has 0 bridgehead atoms. The smallest absolute Gasteiger partial charge is 0.329 e. The molecular formula is C16H25N5O3. The SMILES string of the molecule is C=CCNCC(O)CCCCc1nc2c(c(=O)[nH]c(=O)n2C)n1C. The molecule has 2 aromatic heterocycles. The van der Waals surface area contributed by atoms with Crippen LogP contribution in [-0.4, -0.2) is 43.4 Å². The van der Waals surface area contributed by atoms with Crippen molar-refractivity contribution in [3.05, 3.63) is 39.3 Å². The van der Waals surface area contributed by atoms with Crippen molar-refractivity contribution in [3.8, 4) is 0 Å². The van der Waals surface area contributed by atoms with Crippen LogP contribution in [0.5, 0.6) is 0 Å². The van der Waals surface area contributed by atoms with E-state index in [0.29, 0.717) is 37.1 Å². The molecule has 2 aromatic rings. The van der Waals surface area contributed by atoms with Gasteiger partial charge in [0.15, 0.2) is 11.2 Å². The number of aromatic nitrogens is 4. The maximum absolute atomic E-state index is 12.0. The molecule has 8 nitrogen and oxygen atoms in total. The first-order valence-electron chi connectivity index (χ1n) is 8.10. The largest absolute Gasteiger partial charge is 0.392 e. The zero-order chi connectivity index (χ0) is 17.7. The Labute approximate surface area is 139 Å². The Morgan fingerprint density at radius 3 is 2.79 bits per heavy atom. The fraction of sp³-hybridized carbons (Fsp3) is 0.562. The van der Waals surface area contributed by atoms with E-state index in [1.807, 2.05) is 0 Å². The highest BCUT2D eigenvalue weighted by molar-refractivity contribution is 5.70. The molecule has 2 heterocycles.